The second-order valence-electron chi connectivity index (χ2n) is 11.2. The Morgan fingerprint density at radius 3 is 2.41 bits per heavy atom. The average Bonchev–Trinajstić information content (AvgIpc) is 3.07. The third kappa shape index (κ3) is 3.51. The summed E-state index contributed by atoms with van der Waals surface area (Å²) in [5.41, 5.74) is -7.10. The maximum absolute atomic E-state index is 17.3. The van der Waals surface area contributed by atoms with E-state index in [0.717, 1.165) is 6.08 Å². The van der Waals surface area contributed by atoms with Crippen molar-refractivity contribution in [3.63, 3.8) is 0 Å². The van der Waals surface area contributed by atoms with Crippen LogP contribution in [0.5, 0.6) is 0 Å². The van der Waals surface area contributed by atoms with Gasteiger partial charge >= 0.3 is 11.9 Å². The number of carbonyl (C=O) groups excluding carboxylic acids is 5. The van der Waals surface area contributed by atoms with Gasteiger partial charge in [0.05, 0.1) is 31.5 Å². The highest BCUT2D eigenvalue weighted by molar-refractivity contribution is 6.10. The highest BCUT2D eigenvalue weighted by Crippen LogP contribution is 2.71. The lowest BCUT2D eigenvalue weighted by Gasteiger charge is -2.62. The standard InChI is InChI=1S/C27H33FO9/c1-14-9-16-17-11-19(31)18-10-15(30)7-8-24(18,2)26(17,28)20(32)12-25(16,3)27(14,21(33)13-29)37-23(35)6-5-22(34)36-4/h7-8,10,14,16-17,20,29,32H,5-6,9,11-13H2,1-4H3/t14?,16-,17-,20?,24-,25-,26-,27-/m0/s1. The van der Waals surface area contributed by atoms with Crippen LogP contribution in [0.2, 0.25) is 0 Å². The minimum absolute atomic E-state index is 0.0133. The van der Waals surface area contributed by atoms with E-state index < -0.39 is 81.9 Å². The molecule has 2 N–H and O–H groups in total. The summed E-state index contributed by atoms with van der Waals surface area (Å²) in [6.07, 6.45) is 0.956. The number of ketones is 3. The molecular formula is C27H33FO9. The molecule has 4 aliphatic rings. The number of esters is 2. The largest absolute Gasteiger partial charge is 0.469 e. The van der Waals surface area contributed by atoms with Gasteiger partial charge in [0.1, 0.15) is 6.61 Å². The number of aliphatic hydroxyl groups excluding tert-OH is 2. The van der Waals surface area contributed by atoms with Gasteiger partial charge in [-0.3, -0.25) is 24.0 Å². The molecule has 0 saturated heterocycles. The molecular weight excluding hydrogens is 487 g/mol. The normalized spacial score (nSPS) is 42.3. The third-order valence-electron chi connectivity index (χ3n) is 9.62. The van der Waals surface area contributed by atoms with Crippen LogP contribution in [0.1, 0.15) is 52.9 Å². The number of hydrogen-bond acceptors (Lipinski definition) is 9. The van der Waals surface area contributed by atoms with Crippen LogP contribution in [0.4, 0.5) is 4.39 Å². The van der Waals surface area contributed by atoms with Crippen LogP contribution < -0.4 is 0 Å². The first-order valence-corrected chi connectivity index (χ1v) is 12.5. The van der Waals surface area contributed by atoms with Crippen LogP contribution in [-0.4, -0.2) is 70.6 Å². The number of methoxy groups -OCH3 is 1. The van der Waals surface area contributed by atoms with E-state index in [1.54, 1.807) is 13.8 Å². The van der Waals surface area contributed by atoms with Crippen LogP contribution in [0.3, 0.4) is 0 Å². The molecule has 8 atom stereocenters. The highest BCUT2D eigenvalue weighted by atomic mass is 19.1. The van der Waals surface area contributed by atoms with Gasteiger partial charge in [-0.15, -0.1) is 0 Å². The number of aliphatic hydroxyl groups is 2. The molecule has 37 heavy (non-hydrogen) atoms. The summed E-state index contributed by atoms with van der Waals surface area (Å²) in [6, 6.07) is 0. The first kappa shape index (κ1) is 27.3. The summed E-state index contributed by atoms with van der Waals surface area (Å²) in [5, 5.41) is 21.3. The van der Waals surface area contributed by atoms with E-state index in [0.29, 0.717) is 0 Å². The monoisotopic (exact) mass is 520 g/mol. The smallest absolute Gasteiger partial charge is 0.307 e. The zero-order valence-electron chi connectivity index (χ0n) is 21.4. The molecule has 9 nitrogen and oxygen atoms in total. The molecule has 202 valence electrons. The molecule has 2 unspecified atom stereocenters. The summed E-state index contributed by atoms with van der Waals surface area (Å²) in [5.74, 6) is -5.53. The van der Waals surface area contributed by atoms with Crippen molar-refractivity contribution in [3.05, 3.63) is 23.8 Å². The lowest BCUT2D eigenvalue weighted by molar-refractivity contribution is -0.227. The predicted octanol–water partition coefficient (Wildman–Crippen LogP) is 1.58. The van der Waals surface area contributed by atoms with E-state index in [2.05, 4.69) is 4.74 Å². The molecule has 0 aliphatic heterocycles. The number of carbonyl (C=O) groups is 5. The topological polar surface area (TPSA) is 144 Å². The lowest BCUT2D eigenvalue weighted by Crippen LogP contribution is -2.71. The fraction of sp³-hybridized carbons (Fsp3) is 0.667. The number of hydrogen-bond donors (Lipinski definition) is 2. The molecule has 0 bridgehead atoms. The molecule has 4 rings (SSSR count). The second-order valence-corrected chi connectivity index (χ2v) is 11.2. The van der Waals surface area contributed by atoms with Gasteiger partial charge in [-0.05, 0) is 37.8 Å². The van der Waals surface area contributed by atoms with Crippen molar-refractivity contribution in [2.24, 2.45) is 28.6 Å². The fourth-order valence-corrected chi connectivity index (χ4v) is 7.88. The number of rotatable bonds is 6. The molecule has 0 aromatic carbocycles. The van der Waals surface area contributed by atoms with Crippen molar-refractivity contribution >= 4 is 29.3 Å². The minimum atomic E-state index is -2.33. The van der Waals surface area contributed by atoms with Crippen LogP contribution >= 0.6 is 0 Å². The average molecular weight is 521 g/mol. The SMILES string of the molecule is COC(=O)CCC(=O)O[C@]1(C(=O)CO)C(C)C[C@H]2[C@@H]3CC(=O)C4=CC(=O)C=C[C@]4(C)[C@@]3(F)C(O)C[C@@]21C. The Bertz CT molecular complexity index is 1130. The minimum Gasteiger partial charge on any atom is -0.469 e. The second kappa shape index (κ2) is 8.94. The zero-order chi connectivity index (χ0) is 27.6. The van der Waals surface area contributed by atoms with Crippen LogP contribution in [0.15, 0.2) is 23.8 Å². The lowest BCUT2D eigenvalue weighted by atomic mass is 9.44. The van der Waals surface area contributed by atoms with E-state index in [1.165, 1.54) is 26.2 Å². The summed E-state index contributed by atoms with van der Waals surface area (Å²) >= 11 is 0. The van der Waals surface area contributed by atoms with Crippen molar-refractivity contribution in [3.8, 4) is 0 Å². The van der Waals surface area contributed by atoms with Crippen LogP contribution in [0.25, 0.3) is 0 Å². The Balaban J connectivity index is 1.79. The van der Waals surface area contributed by atoms with Crippen molar-refractivity contribution < 1.29 is 48.0 Å². The van der Waals surface area contributed by atoms with Crippen LogP contribution in [0, 0.1) is 28.6 Å². The quantitative estimate of drug-likeness (QED) is 0.499. The van der Waals surface area contributed by atoms with Gasteiger partial charge in [-0.1, -0.05) is 19.9 Å². The maximum Gasteiger partial charge on any atom is 0.307 e. The van der Waals surface area contributed by atoms with Crippen molar-refractivity contribution in [1.29, 1.82) is 0 Å². The Labute approximate surface area is 214 Å². The number of Topliss-reactive ketones (excluding diaryl/α,β-unsaturated/α-hetero) is 2. The fourth-order valence-electron chi connectivity index (χ4n) is 7.88. The molecule has 4 aliphatic carbocycles. The Kier molecular flexibility index (Phi) is 6.60. The van der Waals surface area contributed by atoms with Gasteiger partial charge in [0.15, 0.2) is 22.8 Å². The van der Waals surface area contributed by atoms with E-state index in [9.17, 15) is 34.2 Å². The zero-order valence-corrected chi connectivity index (χ0v) is 21.4. The number of alkyl halides is 1. The van der Waals surface area contributed by atoms with Crippen molar-refractivity contribution in [2.75, 3.05) is 13.7 Å². The van der Waals surface area contributed by atoms with Gasteiger partial charge in [0.25, 0.3) is 0 Å². The van der Waals surface area contributed by atoms with E-state index in [1.807, 2.05) is 0 Å². The Morgan fingerprint density at radius 1 is 1.14 bits per heavy atom. The number of fused-ring (bicyclic) bond motifs is 5. The molecule has 0 radical (unpaired) electrons. The molecule has 10 heteroatoms. The summed E-state index contributed by atoms with van der Waals surface area (Å²) < 4.78 is 27.7. The van der Waals surface area contributed by atoms with E-state index in [-0.39, 0.29) is 37.7 Å². The van der Waals surface area contributed by atoms with Crippen LogP contribution in [-0.2, 0) is 33.4 Å². The number of ether oxygens (including phenoxy) is 2. The van der Waals surface area contributed by atoms with Gasteiger partial charge in [0.2, 0.25) is 5.78 Å². The molecule has 0 aromatic rings. The van der Waals surface area contributed by atoms with Gasteiger partial charge in [-0.2, -0.15) is 0 Å². The molecule has 3 saturated carbocycles. The van der Waals surface area contributed by atoms with Gasteiger partial charge < -0.3 is 19.7 Å². The predicted molar refractivity (Wildman–Crippen MR) is 125 cm³/mol. The summed E-state index contributed by atoms with van der Waals surface area (Å²) in [4.78, 5) is 63.0. The van der Waals surface area contributed by atoms with E-state index in [4.69, 9.17) is 4.74 Å². The number of allylic oxidation sites excluding steroid dienone is 4. The molecule has 0 spiro atoms. The first-order chi connectivity index (χ1) is 17.2. The summed E-state index contributed by atoms with van der Waals surface area (Å²) in [6.45, 7) is 3.83. The number of halogens is 1. The summed E-state index contributed by atoms with van der Waals surface area (Å²) in [7, 11) is 1.17. The molecule has 0 aromatic heterocycles. The Hall–Kier alpha value is -2.72. The van der Waals surface area contributed by atoms with Crippen molar-refractivity contribution in [2.45, 2.75) is 70.2 Å². The molecule has 3 fully saturated rings. The maximum atomic E-state index is 17.3. The molecule has 0 amide bonds. The molecule has 0 heterocycles. The highest BCUT2D eigenvalue weighted by Gasteiger charge is 2.78. The third-order valence-corrected chi connectivity index (χ3v) is 9.62. The van der Waals surface area contributed by atoms with Gasteiger partial charge in [0, 0.05) is 29.2 Å². The first-order valence-electron chi connectivity index (χ1n) is 12.5. The van der Waals surface area contributed by atoms with Crippen molar-refractivity contribution in [1.82, 2.24) is 0 Å². The van der Waals surface area contributed by atoms with E-state index >= 15 is 4.39 Å². The Morgan fingerprint density at radius 2 is 1.78 bits per heavy atom. The van der Waals surface area contributed by atoms with Gasteiger partial charge in [-0.25, -0.2) is 4.39 Å².